The third-order valence-corrected chi connectivity index (χ3v) is 9.27. The van der Waals surface area contributed by atoms with Gasteiger partial charge in [0.05, 0.1) is 0 Å². The van der Waals surface area contributed by atoms with E-state index < -0.39 is 10.2 Å². The van der Waals surface area contributed by atoms with Crippen molar-refractivity contribution < 1.29 is 8.42 Å². The molecule has 3 rings (SSSR count). The lowest BCUT2D eigenvalue weighted by molar-refractivity contribution is 0.247. The fraction of sp³-hybridized carbons (Fsp3) is 0.750. The van der Waals surface area contributed by atoms with Gasteiger partial charge in [-0.1, -0.05) is 57.0 Å². The van der Waals surface area contributed by atoms with Crippen molar-refractivity contribution in [2.75, 3.05) is 26.2 Å². The molecule has 1 heterocycles. The van der Waals surface area contributed by atoms with Gasteiger partial charge in [0.2, 0.25) is 0 Å². The average molecular weight is 468 g/mol. The SMILES string of the molecule is CC(C)SNCC(C)C1CCC(c2ccc(CCNS(=O)(=O)N3CCCC3)cc2)CC1. The second-order valence-corrected chi connectivity index (χ2v) is 12.8. The molecule has 1 unspecified atom stereocenters. The second-order valence-electron chi connectivity index (χ2n) is 9.60. The fourth-order valence-electron chi connectivity index (χ4n) is 4.84. The van der Waals surface area contributed by atoms with Gasteiger partial charge in [0.1, 0.15) is 0 Å². The maximum absolute atomic E-state index is 12.3. The number of hydrogen-bond acceptors (Lipinski definition) is 4. The van der Waals surface area contributed by atoms with Gasteiger partial charge in [-0.3, -0.25) is 4.72 Å². The van der Waals surface area contributed by atoms with Crippen LogP contribution >= 0.6 is 11.9 Å². The number of nitrogens with zero attached hydrogens (tertiary/aromatic N) is 1. The van der Waals surface area contributed by atoms with Crippen molar-refractivity contribution in [2.24, 2.45) is 11.8 Å². The first-order valence-corrected chi connectivity index (χ1v) is 14.4. The minimum absolute atomic E-state index is 0.463. The van der Waals surface area contributed by atoms with Crippen LogP contribution in [-0.4, -0.2) is 44.2 Å². The first-order valence-electron chi connectivity index (χ1n) is 12.1. The molecule has 0 amide bonds. The van der Waals surface area contributed by atoms with E-state index in [4.69, 9.17) is 0 Å². The molecule has 5 nitrogen and oxygen atoms in total. The molecule has 1 saturated carbocycles. The highest BCUT2D eigenvalue weighted by molar-refractivity contribution is 7.97. The van der Waals surface area contributed by atoms with Crippen molar-refractivity contribution in [3.05, 3.63) is 35.4 Å². The van der Waals surface area contributed by atoms with Gasteiger partial charge in [0.25, 0.3) is 10.2 Å². The van der Waals surface area contributed by atoms with E-state index in [2.05, 4.69) is 54.5 Å². The van der Waals surface area contributed by atoms with Crippen molar-refractivity contribution in [1.29, 1.82) is 0 Å². The molecule has 0 radical (unpaired) electrons. The third-order valence-electron chi connectivity index (χ3n) is 6.86. The van der Waals surface area contributed by atoms with Gasteiger partial charge in [-0.2, -0.15) is 12.7 Å². The van der Waals surface area contributed by atoms with E-state index in [1.165, 1.54) is 36.8 Å². The molecule has 2 fully saturated rings. The Hall–Kier alpha value is -0.600. The van der Waals surface area contributed by atoms with E-state index in [0.717, 1.165) is 37.6 Å². The summed E-state index contributed by atoms with van der Waals surface area (Å²) in [6.45, 7) is 9.72. The van der Waals surface area contributed by atoms with Gasteiger partial charge >= 0.3 is 0 Å². The Morgan fingerprint density at radius 2 is 1.68 bits per heavy atom. The number of rotatable bonds is 11. The molecule has 1 aliphatic heterocycles. The first-order chi connectivity index (χ1) is 14.8. The normalized spacial score (nSPS) is 24.0. The average Bonchev–Trinajstić information content (AvgIpc) is 3.30. The van der Waals surface area contributed by atoms with Gasteiger partial charge < -0.3 is 0 Å². The van der Waals surface area contributed by atoms with Crippen LogP contribution in [0.4, 0.5) is 0 Å². The summed E-state index contributed by atoms with van der Waals surface area (Å²) in [5.74, 6) is 2.24. The van der Waals surface area contributed by atoms with Gasteiger partial charge in [0.15, 0.2) is 0 Å². The van der Waals surface area contributed by atoms with Crippen LogP contribution in [0.25, 0.3) is 0 Å². The van der Waals surface area contributed by atoms with E-state index >= 15 is 0 Å². The lowest BCUT2D eigenvalue weighted by Gasteiger charge is -2.32. The lowest BCUT2D eigenvalue weighted by Crippen LogP contribution is -2.39. The van der Waals surface area contributed by atoms with Crippen LogP contribution in [0.1, 0.15) is 76.3 Å². The van der Waals surface area contributed by atoms with Crippen LogP contribution in [0.3, 0.4) is 0 Å². The summed E-state index contributed by atoms with van der Waals surface area (Å²) in [5.41, 5.74) is 2.64. The zero-order valence-corrected chi connectivity index (χ0v) is 21.1. The van der Waals surface area contributed by atoms with Crippen molar-refractivity contribution >= 4 is 22.2 Å². The quantitative estimate of drug-likeness (QED) is 0.463. The van der Waals surface area contributed by atoms with Crippen molar-refractivity contribution in [1.82, 2.24) is 13.7 Å². The monoisotopic (exact) mass is 467 g/mol. The molecule has 1 atom stereocenters. The van der Waals surface area contributed by atoms with Gasteiger partial charge in [0, 0.05) is 31.4 Å². The Kier molecular flexibility index (Phi) is 9.71. The van der Waals surface area contributed by atoms with Gasteiger partial charge in [-0.15, -0.1) is 0 Å². The molecule has 0 aromatic heterocycles. The summed E-state index contributed by atoms with van der Waals surface area (Å²) in [6, 6.07) is 8.89. The lowest BCUT2D eigenvalue weighted by atomic mass is 9.74. The standard InChI is InChI=1S/C24H41N3O2S2/c1-19(2)30-25-18-20(3)22-10-12-24(13-11-22)23-8-6-21(7-9-23)14-15-26-31(28,29)27-16-4-5-17-27/h6-9,19-20,22,24-26H,4-5,10-18H2,1-3H3. The zero-order valence-electron chi connectivity index (χ0n) is 19.5. The van der Waals surface area contributed by atoms with Gasteiger partial charge in [-0.05, 0) is 73.8 Å². The Labute approximate surface area is 194 Å². The molecule has 7 heteroatoms. The Balaban J connectivity index is 1.39. The van der Waals surface area contributed by atoms with E-state index in [9.17, 15) is 8.42 Å². The van der Waals surface area contributed by atoms with Gasteiger partial charge in [-0.25, -0.2) is 4.72 Å². The topological polar surface area (TPSA) is 61.4 Å². The first kappa shape index (κ1) is 25.0. The molecular formula is C24H41N3O2S2. The minimum Gasteiger partial charge on any atom is -0.264 e. The summed E-state index contributed by atoms with van der Waals surface area (Å²) in [7, 11) is -3.30. The van der Waals surface area contributed by atoms with E-state index in [1.807, 2.05) is 11.9 Å². The predicted molar refractivity (Wildman–Crippen MR) is 132 cm³/mol. The van der Waals surface area contributed by atoms with Crippen molar-refractivity contribution in [3.63, 3.8) is 0 Å². The molecule has 1 aromatic rings. The van der Waals surface area contributed by atoms with Crippen LogP contribution in [0.2, 0.25) is 0 Å². The Morgan fingerprint density at radius 1 is 1.03 bits per heavy atom. The zero-order chi connectivity index (χ0) is 22.3. The van der Waals surface area contributed by atoms with E-state index in [-0.39, 0.29) is 0 Å². The largest absolute Gasteiger partial charge is 0.279 e. The van der Waals surface area contributed by atoms with Crippen LogP contribution in [0.5, 0.6) is 0 Å². The summed E-state index contributed by atoms with van der Waals surface area (Å²) < 4.78 is 32.4. The summed E-state index contributed by atoms with van der Waals surface area (Å²) in [4.78, 5) is 0. The third kappa shape index (κ3) is 7.74. The van der Waals surface area contributed by atoms with Crippen molar-refractivity contribution in [3.8, 4) is 0 Å². The number of nitrogens with one attached hydrogen (secondary N) is 2. The molecule has 0 bridgehead atoms. The molecule has 0 spiro atoms. The van der Waals surface area contributed by atoms with Crippen LogP contribution < -0.4 is 9.44 Å². The number of benzene rings is 1. The molecule has 2 N–H and O–H groups in total. The van der Waals surface area contributed by atoms with Crippen LogP contribution in [0, 0.1) is 11.8 Å². The molecule has 176 valence electrons. The summed E-state index contributed by atoms with van der Waals surface area (Å²) >= 11 is 1.85. The maximum Gasteiger partial charge on any atom is 0.279 e. The highest BCUT2D eigenvalue weighted by Crippen LogP contribution is 2.38. The van der Waals surface area contributed by atoms with Crippen LogP contribution in [0.15, 0.2) is 24.3 Å². The molecule has 1 aromatic carbocycles. The van der Waals surface area contributed by atoms with E-state index in [0.29, 0.717) is 30.8 Å². The number of hydrogen-bond donors (Lipinski definition) is 2. The highest BCUT2D eigenvalue weighted by Gasteiger charge is 2.26. The minimum atomic E-state index is -3.30. The Morgan fingerprint density at radius 3 is 2.29 bits per heavy atom. The molecule has 31 heavy (non-hydrogen) atoms. The molecular weight excluding hydrogens is 426 g/mol. The molecule has 1 aliphatic carbocycles. The summed E-state index contributed by atoms with van der Waals surface area (Å²) in [5, 5.41) is 0.635. The van der Waals surface area contributed by atoms with E-state index in [1.54, 1.807) is 4.31 Å². The Bertz CT molecular complexity index is 754. The summed E-state index contributed by atoms with van der Waals surface area (Å²) in [6.07, 6.45) is 7.87. The van der Waals surface area contributed by atoms with Crippen LogP contribution in [-0.2, 0) is 16.6 Å². The maximum atomic E-state index is 12.3. The second kappa shape index (κ2) is 12.0. The van der Waals surface area contributed by atoms with Crippen molar-refractivity contribution in [2.45, 2.75) is 76.9 Å². The predicted octanol–water partition coefficient (Wildman–Crippen LogP) is 4.72. The molecule has 2 aliphatic rings. The molecule has 1 saturated heterocycles. The fourth-order valence-corrected chi connectivity index (χ4v) is 6.81. The smallest absolute Gasteiger partial charge is 0.264 e. The highest BCUT2D eigenvalue weighted by atomic mass is 32.2.